The van der Waals surface area contributed by atoms with Crippen molar-refractivity contribution < 1.29 is 14.6 Å². The minimum Gasteiger partial charge on any atom is -0.396 e. The van der Waals surface area contributed by atoms with E-state index in [2.05, 4.69) is 50.4 Å². The van der Waals surface area contributed by atoms with E-state index in [4.69, 9.17) is 9.72 Å². The van der Waals surface area contributed by atoms with E-state index in [0.29, 0.717) is 17.5 Å². The summed E-state index contributed by atoms with van der Waals surface area (Å²) in [6.07, 6.45) is 10.1. The maximum Gasteiger partial charge on any atom is 0.255 e. The first-order valence-corrected chi connectivity index (χ1v) is 14.1. The Hall–Kier alpha value is -3.46. The molecule has 0 bridgehead atoms. The SMILES string of the molecule is O=C(Nc1ccc2nc(-c3ccc(N4CCC(CCO)CC4)cc3)[nH]c2c1)C1=CCC(N2CCOCC2)C=C1. The van der Waals surface area contributed by atoms with Crippen LogP contribution in [0, 0.1) is 5.92 Å². The van der Waals surface area contributed by atoms with Crippen LogP contribution in [-0.4, -0.2) is 77.9 Å². The Morgan fingerprint density at radius 2 is 1.87 bits per heavy atom. The van der Waals surface area contributed by atoms with Crippen LogP contribution in [0.5, 0.6) is 0 Å². The molecule has 2 aliphatic heterocycles. The highest BCUT2D eigenvalue weighted by Crippen LogP contribution is 2.28. The molecule has 1 atom stereocenters. The number of imidazole rings is 1. The number of anilines is 2. The number of carbonyl (C=O) groups excluding carboxylic acids is 1. The van der Waals surface area contributed by atoms with Crippen molar-refractivity contribution in [1.82, 2.24) is 14.9 Å². The molecule has 8 heteroatoms. The van der Waals surface area contributed by atoms with E-state index < -0.39 is 0 Å². The zero-order valence-corrected chi connectivity index (χ0v) is 22.3. The Labute approximate surface area is 229 Å². The molecule has 204 valence electrons. The van der Waals surface area contributed by atoms with Crippen molar-refractivity contribution >= 4 is 28.3 Å². The van der Waals surface area contributed by atoms with Gasteiger partial charge >= 0.3 is 0 Å². The number of nitrogens with zero attached hydrogens (tertiary/aromatic N) is 3. The monoisotopic (exact) mass is 527 g/mol. The molecule has 1 unspecified atom stereocenters. The van der Waals surface area contributed by atoms with Crippen molar-refractivity contribution in [1.29, 1.82) is 0 Å². The molecule has 2 saturated heterocycles. The Morgan fingerprint density at radius 1 is 1.08 bits per heavy atom. The van der Waals surface area contributed by atoms with Crippen LogP contribution in [0.3, 0.4) is 0 Å². The van der Waals surface area contributed by atoms with Crippen LogP contribution in [0.1, 0.15) is 25.7 Å². The van der Waals surface area contributed by atoms with Crippen LogP contribution >= 0.6 is 0 Å². The summed E-state index contributed by atoms with van der Waals surface area (Å²) in [6, 6.07) is 14.7. The molecule has 2 fully saturated rings. The van der Waals surface area contributed by atoms with Crippen LogP contribution in [0.15, 0.2) is 66.3 Å². The van der Waals surface area contributed by atoms with Gasteiger partial charge in [0, 0.05) is 61.3 Å². The summed E-state index contributed by atoms with van der Waals surface area (Å²) in [5.41, 5.74) is 5.45. The molecule has 2 aromatic carbocycles. The molecule has 0 spiro atoms. The van der Waals surface area contributed by atoms with Gasteiger partial charge in [-0.05, 0) is 74.1 Å². The summed E-state index contributed by atoms with van der Waals surface area (Å²) in [5.74, 6) is 1.36. The van der Waals surface area contributed by atoms with Crippen molar-refractivity contribution in [3.8, 4) is 11.4 Å². The fraction of sp³-hybridized carbons (Fsp3) is 0.419. The van der Waals surface area contributed by atoms with Gasteiger partial charge in [-0.1, -0.05) is 18.2 Å². The number of H-pyrrole nitrogens is 1. The number of hydrogen-bond acceptors (Lipinski definition) is 6. The van der Waals surface area contributed by atoms with Gasteiger partial charge in [-0.25, -0.2) is 4.98 Å². The summed E-state index contributed by atoms with van der Waals surface area (Å²) >= 11 is 0. The van der Waals surface area contributed by atoms with Gasteiger partial charge in [0.15, 0.2) is 0 Å². The van der Waals surface area contributed by atoms with Crippen LogP contribution in [0.2, 0.25) is 0 Å². The summed E-state index contributed by atoms with van der Waals surface area (Å²) in [4.78, 5) is 25.9. The number of carbonyl (C=O) groups is 1. The smallest absolute Gasteiger partial charge is 0.255 e. The maximum absolute atomic E-state index is 12.9. The number of aliphatic hydroxyl groups excluding tert-OH is 1. The van der Waals surface area contributed by atoms with E-state index in [1.807, 2.05) is 30.4 Å². The number of aliphatic hydroxyl groups is 1. The number of aromatic amines is 1. The third-order valence-electron chi connectivity index (χ3n) is 8.25. The molecule has 3 heterocycles. The van der Waals surface area contributed by atoms with Crippen molar-refractivity contribution in [3.05, 3.63) is 66.3 Å². The number of piperidine rings is 1. The summed E-state index contributed by atoms with van der Waals surface area (Å²) in [6.45, 7) is 5.77. The third kappa shape index (κ3) is 5.93. The number of nitrogens with one attached hydrogen (secondary N) is 2. The van der Waals surface area contributed by atoms with E-state index >= 15 is 0 Å². The van der Waals surface area contributed by atoms with Gasteiger partial charge in [0.2, 0.25) is 0 Å². The molecule has 3 aromatic rings. The highest BCUT2D eigenvalue weighted by atomic mass is 16.5. The fourth-order valence-corrected chi connectivity index (χ4v) is 5.88. The van der Waals surface area contributed by atoms with Gasteiger partial charge in [0.25, 0.3) is 5.91 Å². The van der Waals surface area contributed by atoms with Crippen LogP contribution in [0.25, 0.3) is 22.4 Å². The number of benzene rings is 2. The number of rotatable bonds is 7. The second-order valence-corrected chi connectivity index (χ2v) is 10.7. The van der Waals surface area contributed by atoms with Gasteiger partial charge in [-0.3, -0.25) is 9.69 Å². The van der Waals surface area contributed by atoms with E-state index in [0.717, 1.165) is 93.2 Å². The lowest BCUT2D eigenvalue weighted by molar-refractivity contribution is -0.112. The number of aromatic nitrogens is 2. The lowest BCUT2D eigenvalue weighted by atomic mass is 9.93. The van der Waals surface area contributed by atoms with Gasteiger partial charge in [-0.2, -0.15) is 0 Å². The normalized spacial score (nSPS) is 20.8. The maximum atomic E-state index is 12.9. The topological polar surface area (TPSA) is 93.7 Å². The fourth-order valence-electron chi connectivity index (χ4n) is 5.88. The number of amides is 1. The first-order valence-electron chi connectivity index (χ1n) is 14.1. The van der Waals surface area contributed by atoms with Gasteiger partial charge in [0.05, 0.1) is 24.2 Å². The molecule has 39 heavy (non-hydrogen) atoms. The molecule has 1 aromatic heterocycles. The molecule has 3 aliphatic rings. The van der Waals surface area contributed by atoms with E-state index in [1.54, 1.807) is 0 Å². The lowest BCUT2D eigenvalue weighted by Gasteiger charge is -2.33. The molecular weight excluding hydrogens is 490 g/mol. The van der Waals surface area contributed by atoms with Crippen LogP contribution in [-0.2, 0) is 9.53 Å². The summed E-state index contributed by atoms with van der Waals surface area (Å²) < 4.78 is 5.45. The van der Waals surface area contributed by atoms with Crippen molar-refractivity contribution in [2.75, 3.05) is 56.2 Å². The van der Waals surface area contributed by atoms with Crippen LogP contribution in [0.4, 0.5) is 11.4 Å². The lowest BCUT2D eigenvalue weighted by Crippen LogP contribution is -2.43. The Kier molecular flexibility index (Phi) is 7.76. The number of morpholine rings is 1. The van der Waals surface area contributed by atoms with Crippen molar-refractivity contribution in [2.45, 2.75) is 31.7 Å². The molecule has 1 amide bonds. The summed E-state index contributed by atoms with van der Waals surface area (Å²) in [7, 11) is 0. The quantitative estimate of drug-likeness (QED) is 0.423. The molecule has 6 rings (SSSR count). The number of fused-ring (bicyclic) bond motifs is 1. The van der Waals surface area contributed by atoms with Crippen molar-refractivity contribution in [2.24, 2.45) is 5.92 Å². The first kappa shape index (κ1) is 25.8. The Bertz CT molecular complexity index is 1350. The number of ether oxygens (including phenoxy) is 1. The highest BCUT2D eigenvalue weighted by molar-refractivity contribution is 6.06. The minimum absolute atomic E-state index is 0.0956. The van der Waals surface area contributed by atoms with E-state index in [-0.39, 0.29) is 12.5 Å². The zero-order valence-electron chi connectivity index (χ0n) is 22.3. The third-order valence-corrected chi connectivity index (χ3v) is 8.25. The zero-order chi connectivity index (χ0) is 26.6. The predicted molar refractivity (Wildman–Crippen MR) is 155 cm³/mol. The molecular formula is C31H37N5O3. The highest BCUT2D eigenvalue weighted by Gasteiger charge is 2.22. The van der Waals surface area contributed by atoms with Crippen molar-refractivity contribution in [3.63, 3.8) is 0 Å². The Morgan fingerprint density at radius 3 is 2.59 bits per heavy atom. The van der Waals surface area contributed by atoms with Gasteiger partial charge in [-0.15, -0.1) is 0 Å². The van der Waals surface area contributed by atoms with Gasteiger partial charge in [0.1, 0.15) is 5.82 Å². The molecule has 3 N–H and O–H groups in total. The van der Waals surface area contributed by atoms with E-state index in [9.17, 15) is 9.90 Å². The van der Waals surface area contributed by atoms with Gasteiger partial charge < -0.3 is 25.0 Å². The average Bonchev–Trinajstić information content (AvgIpc) is 3.42. The Balaban J connectivity index is 1.08. The van der Waals surface area contributed by atoms with E-state index in [1.165, 1.54) is 5.69 Å². The number of hydrogen-bond donors (Lipinski definition) is 3. The average molecular weight is 528 g/mol. The van der Waals surface area contributed by atoms with Crippen LogP contribution < -0.4 is 10.2 Å². The second kappa shape index (κ2) is 11.7. The second-order valence-electron chi connectivity index (χ2n) is 10.7. The molecule has 1 aliphatic carbocycles. The molecule has 8 nitrogen and oxygen atoms in total. The first-order chi connectivity index (χ1) is 19.2. The largest absolute Gasteiger partial charge is 0.396 e. The summed E-state index contributed by atoms with van der Waals surface area (Å²) in [5, 5.41) is 12.2. The minimum atomic E-state index is -0.0956. The standard InChI is InChI=1S/C31H37N5O3/c37-18-13-22-11-14-35(15-12-22)26-6-1-23(2-7-26)30-33-28-10-5-25(21-29(28)34-30)32-31(38)24-3-8-27(9-4-24)36-16-19-39-20-17-36/h1-8,10,21-22,27,37H,9,11-20H2,(H,32,38)(H,33,34). The molecule has 0 radical (unpaired) electrons. The predicted octanol–water partition coefficient (Wildman–Crippen LogP) is 4.35. The molecule has 0 saturated carbocycles.